The van der Waals surface area contributed by atoms with Gasteiger partial charge in [-0.1, -0.05) is 42.5 Å². The van der Waals surface area contributed by atoms with Gasteiger partial charge in [0.25, 0.3) is 0 Å². The lowest BCUT2D eigenvalue weighted by Gasteiger charge is -2.38. The van der Waals surface area contributed by atoms with Gasteiger partial charge in [-0.25, -0.2) is 0 Å². The number of halogens is 1. The highest BCUT2D eigenvalue weighted by Crippen LogP contribution is 2.28. The number of aliphatic hydroxyl groups excluding tert-OH is 1. The molecule has 0 saturated carbocycles. The maximum Gasteiger partial charge on any atom is 0.115 e. The Morgan fingerprint density at radius 3 is 2.20 bits per heavy atom. The largest absolute Gasteiger partial charge is 0.508 e. The fourth-order valence-corrected chi connectivity index (χ4v) is 3.66. The van der Waals surface area contributed by atoms with E-state index in [1.165, 1.54) is 18.4 Å². The molecule has 0 radical (unpaired) electrons. The molecule has 2 aromatic rings. The van der Waals surface area contributed by atoms with E-state index in [0.717, 1.165) is 31.0 Å². The maximum atomic E-state index is 10.6. The van der Waals surface area contributed by atoms with Gasteiger partial charge < -0.3 is 10.2 Å². The summed E-state index contributed by atoms with van der Waals surface area (Å²) in [7, 11) is 0. The van der Waals surface area contributed by atoms with E-state index in [2.05, 4.69) is 42.2 Å². The first-order chi connectivity index (χ1) is 11.6. The van der Waals surface area contributed by atoms with Gasteiger partial charge in [-0.15, -0.1) is 12.4 Å². The van der Waals surface area contributed by atoms with E-state index in [1.54, 1.807) is 24.3 Å². The Bertz CT molecular complexity index is 624. The van der Waals surface area contributed by atoms with Crippen LogP contribution < -0.4 is 0 Å². The lowest BCUT2D eigenvalue weighted by Crippen LogP contribution is -2.43. The van der Waals surface area contributed by atoms with Crippen molar-refractivity contribution >= 4 is 12.4 Å². The minimum Gasteiger partial charge on any atom is -0.508 e. The summed E-state index contributed by atoms with van der Waals surface area (Å²) in [5.74, 6) is 0.974. The zero-order valence-corrected chi connectivity index (χ0v) is 15.5. The fourth-order valence-electron chi connectivity index (χ4n) is 3.66. The van der Waals surface area contributed by atoms with E-state index >= 15 is 0 Å². The SMILES string of the molecule is CC(C(O)c1ccc(O)cc1)N1CCC(Cc2ccccc2)CC1.Cl. The number of likely N-dealkylation sites (tertiary alicyclic amines) is 1. The normalized spacial score (nSPS) is 18.3. The van der Waals surface area contributed by atoms with Crippen LogP contribution in [0.1, 0.15) is 37.0 Å². The molecule has 0 aromatic heterocycles. The van der Waals surface area contributed by atoms with Crippen LogP contribution in [0.4, 0.5) is 0 Å². The molecule has 25 heavy (non-hydrogen) atoms. The van der Waals surface area contributed by atoms with Crippen molar-refractivity contribution < 1.29 is 10.2 Å². The minimum absolute atomic E-state index is 0. The lowest BCUT2D eigenvalue weighted by molar-refractivity contribution is 0.0373. The number of phenols is 1. The first-order valence-corrected chi connectivity index (χ1v) is 8.88. The third-order valence-electron chi connectivity index (χ3n) is 5.28. The number of piperidine rings is 1. The molecule has 136 valence electrons. The Kier molecular flexibility index (Phi) is 7.30. The number of benzene rings is 2. The van der Waals surface area contributed by atoms with Crippen molar-refractivity contribution in [3.05, 3.63) is 65.7 Å². The molecule has 1 heterocycles. The molecule has 3 rings (SSSR count). The Morgan fingerprint density at radius 2 is 1.60 bits per heavy atom. The summed E-state index contributed by atoms with van der Waals surface area (Å²) >= 11 is 0. The molecular formula is C21H28ClNO2. The van der Waals surface area contributed by atoms with E-state index < -0.39 is 6.10 Å². The summed E-state index contributed by atoms with van der Waals surface area (Å²) in [5.41, 5.74) is 2.29. The van der Waals surface area contributed by atoms with Gasteiger partial charge in [0.1, 0.15) is 5.75 Å². The van der Waals surface area contributed by atoms with Crippen LogP contribution in [0.5, 0.6) is 5.75 Å². The fraction of sp³-hybridized carbons (Fsp3) is 0.429. The first kappa shape index (κ1) is 19.8. The van der Waals surface area contributed by atoms with Gasteiger partial charge in [0.05, 0.1) is 6.10 Å². The van der Waals surface area contributed by atoms with Crippen LogP contribution >= 0.6 is 12.4 Å². The molecule has 4 heteroatoms. The Labute approximate surface area is 156 Å². The maximum absolute atomic E-state index is 10.6. The summed E-state index contributed by atoms with van der Waals surface area (Å²) in [6.45, 7) is 4.16. The van der Waals surface area contributed by atoms with Crippen molar-refractivity contribution in [2.45, 2.75) is 38.3 Å². The highest BCUT2D eigenvalue weighted by molar-refractivity contribution is 5.85. The summed E-state index contributed by atoms with van der Waals surface area (Å²) in [4.78, 5) is 2.39. The number of phenolic OH excluding ortho intramolecular Hbond substituents is 1. The van der Waals surface area contributed by atoms with Crippen LogP contribution in [0.15, 0.2) is 54.6 Å². The van der Waals surface area contributed by atoms with Crippen LogP contribution in [0, 0.1) is 5.92 Å². The predicted molar refractivity (Wildman–Crippen MR) is 104 cm³/mol. The van der Waals surface area contributed by atoms with E-state index in [1.807, 2.05) is 0 Å². The summed E-state index contributed by atoms with van der Waals surface area (Å²) in [6.07, 6.45) is 3.00. The summed E-state index contributed by atoms with van der Waals surface area (Å²) in [5, 5.41) is 20.0. The molecule has 0 spiro atoms. The number of hydrogen-bond donors (Lipinski definition) is 2. The van der Waals surface area contributed by atoms with Gasteiger partial charge in [-0.05, 0) is 68.5 Å². The highest BCUT2D eigenvalue weighted by atomic mass is 35.5. The van der Waals surface area contributed by atoms with E-state index in [0.29, 0.717) is 0 Å². The average molecular weight is 362 g/mol. The Hall–Kier alpha value is -1.55. The van der Waals surface area contributed by atoms with E-state index in [9.17, 15) is 10.2 Å². The van der Waals surface area contributed by atoms with Crippen molar-refractivity contribution in [3.8, 4) is 5.75 Å². The molecule has 2 aromatic carbocycles. The van der Waals surface area contributed by atoms with Crippen molar-refractivity contribution in [2.24, 2.45) is 5.92 Å². The molecule has 1 saturated heterocycles. The quantitative estimate of drug-likeness (QED) is 0.839. The van der Waals surface area contributed by atoms with Crippen LogP contribution in [0.2, 0.25) is 0 Å². The second kappa shape index (κ2) is 9.23. The smallest absolute Gasteiger partial charge is 0.115 e. The second-order valence-corrected chi connectivity index (χ2v) is 6.95. The molecule has 1 aliphatic rings. The lowest BCUT2D eigenvalue weighted by atomic mass is 9.89. The van der Waals surface area contributed by atoms with Crippen LogP contribution in [-0.2, 0) is 6.42 Å². The van der Waals surface area contributed by atoms with E-state index in [-0.39, 0.29) is 24.2 Å². The number of aliphatic hydroxyl groups is 1. The third-order valence-corrected chi connectivity index (χ3v) is 5.28. The highest BCUT2D eigenvalue weighted by Gasteiger charge is 2.27. The van der Waals surface area contributed by atoms with E-state index in [4.69, 9.17) is 0 Å². The zero-order chi connectivity index (χ0) is 16.9. The van der Waals surface area contributed by atoms with Crippen LogP contribution in [-0.4, -0.2) is 34.2 Å². The molecular weight excluding hydrogens is 334 g/mol. The van der Waals surface area contributed by atoms with Gasteiger partial charge >= 0.3 is 0 Å². The molecule has 2 atom stereocenters. The van der Waals surface area contributed by atoms with Crippen LogP contribution in [0.3, 0.4) is 0 Å². The first-order valence-electron chi connectivity index (χ1n) is 8.88. The molecule has 0 bridgehead atoms. The Morgan fingerprint density at radius 1 is 1.00 bits per heavy atom. The molecule has 0 aliphatic carbocycles. The molecule has 0 amide bonds. The topological polar surface area (TPSA) is 43.7 Å². The Balaban J connectivity index is 0.00000225. The molecule has 2 N–H and O–H groups in total. The minimum atomic E-state index is -0.517. The number of aromatic hydroxyl groups is 1. The standard InChI is InChI=1S/C21H27NO2.ClH/c1-16(21(24)19-7-9-20(23)10-8-19)22-13-11-18(12-14-22)15-17-5-3-2-4-6-17;/h2-10,16,18,21,23-24H,11-15H2,1H3;1H. The van der Waals surface area contributed by atoms with Crippen molar-refractivity contribution in [2.75, 3.05) is 13.1 Å². The second-order valence-electron chi connectivity index (χ2n) is 6.95. The predicted octanol–water partition coefficient (Wildman–Crippen LogP) is 4.19. The molecule has 1 fully saturated rings. The van der Waals surface area contributed by atoms with Gasteiger partial charge in [0, 0.05) is 6.04 Å². The van der Waals surface area contributed by atoms with Crippen LogP contribution in [0.25, 0.3) is 0 Å². The summed E-state index contributed by atoms with van der Waals surface area (Å²) < 4.78 is 0. The number of nitrogens with zero attached hydrogens (tertiary/aromatic N) is 1. The summed E-state index contributed by atoms with van der Waals surface area (Å²) in [6, 6.07) is 17.7. The third kappa shape index (κ3) is 5.21. The number of hydrogen-bond acceptors (Lipinski definition) is 3. The van der Waals surface area contributed by atoms with Crippen molar-refractivity contribution in [3.63, 3.8) is 0 Å². The number of rotatable bonds is 5. The monoisotopic (exact) mass is 361 g/mol. The molecule has 3 nitrogen and oxygen atoms in total. The van der Waals surface area contributed by atoms with Gasteiger partial charge in [0.2, 0.25) is 0 Å². The zero-order valence-electron chi connectivity index (χ0n) is 14.7. The molecule has 1 aliphatic heterocycles. The van der Waals surface area contributed by atoms with Gasteiger partial charge in [0.15, 0.2) is 0 Å². The molecule has 2 unspecified atom stereocenters. The van der Waals surface area contributed by atoms with Gasteiger partial charge in [-0.2, -0.15) is 0 Å². The van der Waals surface area contributed by atoms with Gasteiger partial charge in [-0.3, -0.25) is 4.90 Å². The van der Waals surface area contributed by atoms with Crippen molar-refractivity contribution in [1.29, 1.82) is 0 Å². The average Bonchev–Trinajstić information content (AvgIpc) is 2.63. The van der Waals surface area contributed by atoms with Crippen molar-refractivity contribution in [1.82, 2.24) is 4.90 Å².